The molecule has 6 nitrogen and oxygen atoms in total. The summed E-state index contributed by atoms with van der Waals surface area (Å²) in [6.45, 7) is 3.86. The molecule has 0 saturated carbocycles. The predicted octanol–water partition coefficient (Wildman–Crippen LogP) is 3.03. The first-order valence-electron chi connectivity index (χ1n) is 8.93. The summed E-state index contributed by atoms with van der Waals surface area (Å²) < 4.78 is 5.17. The average molecular weight is 355 g/mol. The van der Waals surface area contributed by atoms with Crippen LogP contribution < -0.4 is 5.32 Å². The lowest BCUT2D eigenvalue weighted by molar-refractivity contribution is 0.0674. The number of nitrogens with zero attached hydrogens (tertiary/aromatic N) is 2. The number of hydrogen-bond donors (Lipinski definition) is 1. The molecule has 0 spiro atoms. The minimum absolute atomic E-state index is 0.0796. The van der Waals surface area contributed by atoms with Crippen molar-refractivity contribution in [2.24, 2.45) is 0 Å². The number of rotatable bonds is 4. The van der Waals surface area contributed by atoms with Crippen LogP contribution in [0.1, 0.15) is 34.5 Å². The number of amides is 3. The SMILES string of the molecule is Cc1ccccc1CN(C)C(=O)NC1CCN(C(=O)c2ccco2)CC1. The fraction of sp³-hybridized carbons (Fsp3) is 0.400. The van der Waals surface area contributed by atoms with Gasteiger partial charge in [-0.3, -0.25) is 4.79 Å². The highest BCUT2D eigenvalue weighted by Gasteiger charge is 2.26. The van der Waals surface area contributed by atoms with Crippen LogP contribution in [0.25, 0.3) is 0 Å². The van der Waals surface area contributed by atoms with E-state index in [0.29, 0.717) is 25.4 Å². The lowest BCUT2D eigenvalue weighted by Gasteiger charge is -2.33. The number of benzene rings is 1. The second-order valence-electron chi connectivity index (χ2n) is 6.78. The first-order valence-corrected chi connectivity index (χ1v) is 8.93. The molecule has 0 aliphatic carbocycles. The lowest BCUT2D eigenvalue weighted by Crippen LogP contribution is -2.49. The summed E-state index contributed by atoms with van der Waals surface area (Å²) in [6.07, 6.45) is 3.00. The molecule has 0 unspecified atom stereocenters. The molecule has 1 aromatic carbocycles. The molecule has 3 rings (SSSR count). The van der Waals surface area contributed by atoms with Crippen LogP contribution in [0.15, 0.2) is 47.1 Å². The summed E-state index contributed by atoms with van der Waals surface area (Å²) in [7, 11) is 1.80. The molecule has 1 fully saturated rings. The second kappa shape index (κ2) is 8.08. The van der Waals surface area contributed by atoms with Gasteiger partial charge in [0.05, 0.1) is 6.26 Å². The number of likely N-dealkylation sites (tertiary alicyclic amines) is 1. The van der Waals surface area contributed by atoms with E-state index in [1.807, 2.05) is 31.2 Å². The smallest absolute Gasteiger partial charge is 0.317 e. The van der Waals surface area contributed by atoms with Gasteiger partial charge in [-0.05, 0) is 43.0 Å². The third-order valence-electron chi connectivity index (χ3n) is 4.86. The van der Waals surface area contributed by atoms with Crippen molar-refractivity contribution in [2.45, 2.75) is 32.4 Å². The zero-order valence-electron chi connectivity index (χ0n) is 15.3. The van der Waals surface area contributed by atoms with Gasteiger partial charge in [-0.25, -0.2) is 4.79 Å². The number of hydrogen-bond acceptors (Lipinski definition) is 3. The van der Waals surface area contributed by atoms with Crippen LogP contribution in [0.3, 0.4) is 0 Å². The van der Waals surface area contributed by atoms with Gasteiger partial charge >= 0.3 is 6.03 Å². The quantitative estimate of drug-likeness (QED) is 0.917. The number of urea groups is 1. The predicted molar refractivity (Wildman–Crippen MR) is 98.8 cm³/mol. The minimum Gasteiger partial charge on any atom is -0.459 e. The Bertz CT molecular complexity index is 749. The van der Waals surface area contributed by atoms with E-state index in [9.17, 15) is 9.59 Å². The van der Waals surface area contributed by atoms with Gasteiger partial charge in [-0.2, -0.15) is 0 Å². The van der Waals surface area contributed by atoms with Crippen molar-refractivity contribution in [1.82, 2.24) is 15.1 Å². The van der Waals surface area contributed by atoms with Gasteiger partial charge in [-0.15, -0.1) is 0 Å². The van der Waals surface area contributed by atoms with Crippen LogP contribution in [0.2, 0.25) is 0 Å². The Labute approximate surface area is 153 Å². The van der Waals surface area contributed by atoms with Gasteiger partial charge in [0.25, 0.3) is 5.91 Å². The third-order valence-corrected chi connectivity index (χ3v) is 4.86. The average Bonchev–Trinajstić information content (AvgIpc) is 3.18. The maximum atomic E-state index is 12.4. The van der Waals surface area contributed by atoms with Crippen molar-refractivity contribution in [3.63, 3.8) is 0 Å². The molecule has 0 atom stereocenters. The number of carbonyl (C=O) groups is 2. The monoisotopic (exact) mass is 355 g/mol. The fourth-order valence-corrected chi connectivity index (χ4v) is 3.18. The fourth-order valence-electron chi connectivity index (χ4n) is 3.18. The molecule has 2 aromatic rings. The molecule has 6 heteroatoms. The van der Waals surface area contributed by atoms with Crippen molar-refractivity contribution < 1.29 is 14.0 Å². The molecule has 26 heavy (non-hydrogen) atoms. The summed E-state index contributed by atoms with van der Waals surface area (Å²) in [6, 6.07) is 11.5. The van der Waals surface area contributed by atoms with E-state index in [2.05, 4.69) is 5.32 Å². The normalized spacial score (nSPS) is 14.9. The summed E-state index contributed by atoms with van der Waals surface area (Å²) in [5.74, 6) is 0.280. The Balaban J connectivity index is 1.47. The van der Waals surface area contributed by atoms with Crippen molar-refractivity contribution in [1.29, 1.82) is 0 Å². The van der Waals surface area contributed by atoms with Gasteiger partial charge in [0.1, 0.15) is 0 Å². The van der Waals surface area contributed by atoms with E-state index >= 15 is 0 Å². The molecule has 1 saturated heterocycles. The van der Waals surface area contributed by atoms with E-state index in [-0.39, 0.29) is 18.0 Å². The number of carbonyl (C=O) groups excluding carboxylic acids is 2. The molecule has 138 valence electrons. The van der Waals surface area contributed by atoms with Crippen molar-refractivity contribution in [2.75, 3.05) is 20.1 Å². The molecule has 1 aliphatic rings. The Kier molecular flexibility index (Phi) is 5.61. The van der Waals surface area contributed by atoms with Gasteiger partial charge < -0.3 is 19.5 Å². The van der Waals surface area contributed by atoms with Crippen LogP contribution in [0, 0.1) is 6.92 Å². The van der Waals surface area contributed by atoms with Crippen molar-refractivity contribution in [3.05, 3.63) is 59.5 Å². The highest BCUT2D eigenvalue weighted by atomic mass is 16.3. The van der Waals surface area contributed by atoms with E-state index < -0.39 is 0 Å². The molecule has 1 aromatic heterocycles. The van der Waals surface area contributed by atoms with Gasteiger partial charge in [-0.1, -0.05) is 24.3 Å². The van der Waals surface area contributed by atoms with Crippen LogP contribution in [-0.4, -0.2) is 47.9 Å². The number of nitrogens with one attached hydrogen (secondary N) is 1. The van der Waals surface area contributed by atoms with E-state index in [1.54, 1.807) is 29.0 Å². The third kappa shape index (κ3) is 4.25. The minimum atomic E-state index is -0.0866. The summed E-state index contributed by atoms with van der Waals surface area (Å²) >= 11 is 0. The molecule has 3 amide bonds. The zero-order valence-corrected chi connectivity index (χ0v) is 15.3. The van der Waals surface area contributed by atoms with Crippen LogP contribution >= 0.6 is 0 Å². The molecule has 2 heterocycles. The molecular weight excluding hydrogens is 330 g/mol. The van der Waals surface area contributed by atoms with Crippen molar-refractivity contribution >= 4 is 11.9 Å². The number of aryl methyl sites for hydroxylation is 1. The zero-order chi connectivity index (χ0) is 18.5. The van der Waals surface area contributed by atoms with Gasteiger partial charge in [0.2, 0.25) is 0 Å². The maximum absolute atomic E-state index is 12.4. The molecular formula is C20H25N3O3. The van der Waals surface area contributed by atoms with E-state index in [0.717, 1.165) is 18.4 Å². The Morgan fingerprint density at radius 2 is 1.92 bits per heavy atom. The molecule has 1 N–H and O–H groups in total. The standard InChI is InChI=1S/C20H25N3O3/c1-15-6-3-4-7-16(15)14-22(2)20(25)21-17-9-11-23(12-10-17)19(24)18-8-5-13-26-18/h3-8,13,17H,9-12,14H2,1-2H3,(H,21,25). The van der Waals surface area contributed by atoms with Crippen LogP contribution in [0.4, 0.5) is 4.79 Å². The second-order valence-corrected chi connectivity index (χ2v) is 6.78. The Hall–Kier alpha value is -2.76. The number of piperidine rings is 1. The first-order chi connectivity index (χ1) is 12.5. The van der Waals surface area contributed by atoms with Gasteiger partial charge in [0, 0.05) is 32.7 Å². The van der Waals surface area contributed by atoms with E-state index in [4.69, 9.17) is 4.42 Å². The van der Waals surface area contributed by atoms with Crippen LogP contribution in [0.5, 0.6) is 0 Å². The Morgan fingerprint density at radius 3 is 2.58 bits per heavy atom. The topological polar surface area (TPSA) is 65.8 Å². The summed E-state index contributed by atoms with van der Waals surface area (Å²) in [4.78, 5) is 28.2. The maximum Gasteiger partial charge on any atom is 0.317 e. The molecule has 0 bridgehead atoms. The number of furan rings is 1. The molecule has 0 radical (unpaired) electrons. The van der Waals surface area contributed by atoms with E-state index in [1.165, 1.54) is 11.8 Å². The Morgan fingerprint density at radius 1 is 1.19 bits per heavy atom. The highest BCUT2D eigenvalue weighted by Crippen LogP contribution is 2.15. The molecule has 1 aliphatic heterocycles. The summed E-state index contributed by atoms with van der Waals surface area (Å²) in [5.41, 5.74) is 2.32. The van der Waals surface area contributed by atoms with Crippen LogP contribution in [-0.2, 0) is 6.54 Å². The lowest BCUT2D eigenvalue weighted by atomic mass is 10.0. The highest BCUT2D eigenvalue weighted by molar-refractivity contribution is 5.91. The summed E-state index contributed by atoms with van der Waals surface area (Å²) in [5, 5.41) is 3.08. The first kappa shape index (κ1) is 18.0. The van der Waals surface area contributed by atoms with Gasteiger partial charge in [0.15, 0.2) is 5.76 Å². The largest absolute Gasteiger partial charge is 0.459 e. The van der Waals surface area contributed by atoms with Crippen molar-refractivity contribution in [3.8, 4) is 0 Å².